The topological polar surface area (TPSA) is 65.5 Å². The van der Waals surface area contributed by atoms with E-state index in [0.29, 0.717) is 24.5 Å². The Kier molecular flexibility index (Phi) is 5.10. The summed E-state index contributed by atoms with van der Waals surface area (Å²) in [7, 11) is 0. The molecule has 1 aromatic heterocycles. The van der Waals surface area contributed by atoms with Crippen molar-refractivity contribution in [2.45, 2.75) is 0 Å². The maximum atomic E-state index is 12.4. The maximum Gasteiger partial charge on any atom is 0.274 e. The minimum absolute atomic E-state index is 0.249. The second-order valence-corrected chi connectivity index (χ2v) is 6.41. The van der Waals surface area contributed by atoms with Crippen molar-refractivity contribution < 1.29 is 9.59 Å². The highest BCUT2D eigenvalue weighted by Crippen LogP contribution is 2.19. The van der Waals surface area contributed by atoms with Gasteiger partial charge in [0.05, 0.1) is 0 Å². The van der Waals surface area contributed by atoms with Crippen LogP contribution < -0.4 is 10.2 Å². The van der Waals surface area contributed by atoms with Crippen LogP contribution in [-0.2, 0) is 4.79 Å². The van der Waals surface area contributed by atoms with Gasteiger partial charge in [0.25, 0.3) is 5.91 Å². The summed E-state index contributed by atoms with van der Waals surface area (Å²) in [6, 6.07) is 11.1. The van der Waals surface area contributed by atoms with Gasteiger partial charge in [0.15, 0.2) is 0 Å². The third-order valence-electron chi connectivity index (χ3n) is 3.89. The van der Waals surface area contributed by atoms with E-state index in [-0.39, 0.29) is 5.91 Å². The van der Waals surface area contributed by atoms with Crippen molar-refractivity contribution in [1.82, 2.24) is 9.88 Å². The van der Waals surface area contributed by atoms with Crippen LogP contribution in [-0.4, -0.2) is 48.4 Å². The average molecular weight is 389 g/mol. The fourth-order valence-electron chi connectivity index (χ4n) is 2.59. The van der Waals surface area contributed by atoms with Crippen LogP contribution >= 0.6 is 15.9 Å². The first kappa shape index (κ1) is 16.4. The zero-order chi connectivity index (χ0) is 16.9. The van der Waals surface area contributed by atoms with Gasteiger partial charge < -0.3 is 15.1 Å². The Hall–Kier alpha value is -2.41. The van der Waals surface area contributed by atoms with Crippen LogP contribution in [0.4, 0.5) is 11.4 Å². The highest BCUT2D eigenvalue weighted by molar-refractivity contribution is 9.10. The molecule has 24 heavy (non-hydrogen) atoms. The average Bonchev–Trinajstić information content (AvgIpc) is 2.62. The Morgan fingerprint density at radius 2 is 1.96 bits per heavy atom. The van der Waals surface area contributed by atoms with E-state index in [9.17, 15) is 9.59 Å². The van der Waals surface area contributed by atoms with Gasteiger partial charge in [0.2, 0.25) is 6.41 Å². The first-order valence-corrected chi connectivity index (χ1v) is 8.42. The predicted molar refractivity (Wildman–Crippen MR) is 96.2 cm³/mol. The molecule has 1 N–H and O–H groups in total. The van der Waals surface area contributed by atoms with Crippen molar-refractivity contribution in [2.24, 2.45) is 0 Å². The monoisotopic (exact) mass is 388 g/mol. The molecular weight excluding hydrogens is 372 g/mol. The van der Waals surface area contributed by atoms with Crippen LogP contribution in [0.3, 0.4) is 0 Å². The van der Waals surface area contributed by atoms with Gasteiger partial charge in [-0.2, -0.15) is 0 Å². The number of nitrogens with one attached hydrogen (secondary N) is 1. The molecule has 6 nitrogen and oxygen atoms in total. The van der Waals surface area contributed by atoms with E-state index in [4.69, 9.17) is 0 Å². The predicted octanol–water partition coefficient (Wildman–Crippen LogP) is 2.37. The van der Waals surface area contributed by atoms with Crippen LogP contribution in [0.5, 0.6) is 0 Å². The molecule has 1 fully saturated rings. The molecule has 124 valence electrons. The molecule has 0 bridgehead atoms. The number of hydrogen-bond acceptors (Lipinski definition) is 4. The lowest BCUT2D eigenvalue weighted by molar-refractivity contribution is -0.118. The molecule has 1 aliphatic rings. The number of carbonyl (C=O) groups excluding carboxylic acids is 2. The van der Waals surface area contributed by atoms with Crippen molar-refractivity contribution in [2.75, 3.05) is 36.4 Å². The van der Waals surface area contributed by atoms with Crippen molar-refractivity contribution >= 4 is 39.6 Å². The van der Waals surface area contributed by atoms with E-state index >= 15 is 0 Å². The zero-order valence-corrected chi connectivity index (χ0v) is 14.6. The number of amides is 2. The Balaban J connectivity index is 1.70. The number of piperazine rings is 1. The molecule has 1 aliphatic heterocycles. The van der Waals surface area contributed by atoms with Crippen molar-refractivity contribution in [1.29, 1.82) is 0 Å². The molecule has 0 radical (unpaired) electrons. The molecule has 2 heterocycles. The van der Waals surface area contributed by atoms with Crippen molar-refractivity contribution in [3.63, 3.8) is 0 Å². The Morgan fingerprint density at radius 3 is 2.67 bits per heavy atom. The number of hydrogen-bond donors (Lipinski definition) is 1. The minimum atomic E-state index is -0.249. The lowest BCUT2D eigenvalue weighted by Gasteiger charge is -2.34. The largest absolute Gasteiger partial charge is 0.368 e. The van der Waals surface area contributed by atoms with Gasteiger partial charge in [-0.3, -0.25) is 14.6 Å². The van der Waals surface area contributed by atoms with Gasteiger partial charge in [-0.05, 0) is 30.3 Å². The second-order valence-electron chi connectivity index (χ2n) is 5.49. The number of pyridine rings is 1. The van der Waals surface area contributed by atoms with Crippen LogP contribution in [0.2, 0.25) is 0 Å². The van der Waals surface area contributed by atoms with E-state index in [1.807, 2.05) is 30.3 Å². The summed E-state index contributed by atoms with van der Waals surface area (Å²) in [5.41, 5.74) is 2.02. The molecule has 0 atom stereocenters. The van der Waals surface area contributed by atoms with Crippen molar-refractivity contribution in [3.05, 3.63) is 52.8 Å². The molecule has 1 aromatic carbocycles. The summed E-state index contributed by atoms with van der Waals surface area (Å²) in [5.74, 6) is -0.249. The number of halogens is 1. The van der Waals surface area contributed by atoms with E-state index in [2.05, 4.69) is 31.1 Å². The molecule has 3 rings (SSSR count). The van der Waals surface area contributed by atoms with Crippen LogP contribution in [0, 0.1) is 0 Å². The minimum Gasteiger partial charge on any atom is -0.368 e. The summed E-state index contributed by atoms with van der Waals surface area (Å²) in [6.45, 7) is 2.86. The van der Waals surface area contributed by atoms with Gasteiger partial charge >= 0.3 is 0 Å². The third-order valence-corrected chi connectivity index (χ3v) is 4.38. The number of carbonyl (C=O) groups is 2. The van der Waals surface area contributed by atoms with Gasteiger partial charge in [0, 0.05) is 48.2 Å². The Labute approximate surface area is 148 Å². The number of rotatable bonds is 4. The summed E-state index contributed by atoms with van der Waals surface area (Å²) in [6.07, 6.45) is 2.51. The normalized spacial score (nSPS) is 14.4. The fourth-order valence-corrected chi connectivity index (χ4v) is 2.99. The van der Waals surface area contributed by atoms with E-state index in [1.54, 1.807) is 17.2 Å². The molecule has 0 saturated carbocycles. The SMILES string of the molecule is O=CN1CCN(c2ccnc(C(=O)Nc3cccc(Br)c3)c2)CC1. The molecule has 7 heteroatoms. The number of aromatic nitrogens is 1. The highest BCUT2D eigenvalue weighted by atomic mass is 79.9. The van der Waals surface area contributed by atoms with Gasteiger partial charge in [-0.1, -0.05) is 22.0 Å². The lowest BCUT2D eigenvalue weighted by Crippen LogP contribution is -2.45. The molecule has 2 aromatic rings. The van der Waals surface area contributed by atoms with Crippen LogP contribution in [0.1, 0.15) is 10.5 Å². The van der Waals surface area contributed by atoms with E-state index < -0.39 is 0 Å². The molecule has 0 unspecified atom stereocenters. The number of nitrogens with zero attached hydrogens (tertiary/aromatic N) is 3. The van der Waals surface area contributed by atoms with E-state index in [1.165, 1.54) is 0 Å². The summed E-state index contributed by atoms with van der Waals surface area (Å²) in [4.78, 5) is 31.2. The fraction of sp³-hybridized carbons (Fsp3) is 0.235. The molecular formula is C17H17BrN4O2. The first-order valence-electron chi connectivity index (χ1n) is 7.63. The molecule has 0 spiro atoms. The van der Waals surface area contributed by atoms with Gasteiger partial charge in [-0.25, -0.2) is 0 Å². The highest BCUT2D eigenvalue weighted by Gasteiger charge is 2.17. The maximum absolute atomic E-state index is 12.4. The zero-order valence-electron chi connectivity index (χ0n) is 13.0. The van der Waals surface area contributed by atoms with Crippen LogP contribution in [0.15, 0.2) is 47.1 Å². The number of anilines is 2. The van der Waals surface area contributed by atoms with Gasteiger partial charge in [0.1, 0.15) is 5.69 Å². The summed E-state index contributed by atoms with van der Waals surface area (Å²) < 4.78 is 0.898. The number of benzene rings is 1. The molecule has 1 saturated heterocycles. The molecule has 0 aliphatic carbocycles. The Morgan fingerprint density at radius 1 is 1.17 bits per heavy atom. The van der Waals surface area contributed by atoms with Crippen LogP contribution in [0.25, 0.3) is 0 Å². The van der Waals surface area contributed by atoms with E-state index in [0.717, 1.165) is 29.7 Å². The third kappa shape index (κ3) is 3.91. The summed E-state index contributed by atoms with van der Waals surface area (Å²) >= 11 is 3.38. The quantitative estimate of drug-likeness (QED) is 0.816. The summed E-state index contributed by atoms with van der Waals surface area (Å²) in [5, 5.41) is 2.84. The van der Waals surface area contributed by atoms with Crippen molar-refractivity contribution in [3.8, 4) is 0 Å². The second kappa shape index (κ2) is 7.44. The standard InChI is InChI=1S/C17H17BrN4O2/c18-13-2-1-3-14(10-13)20-17(24)16-11-15(4-5-19-16)22-8-6-21(12-23)7-9-22/h1-5,10-12H,6-9H2,(H,20,24). The first-order chi connectivity index (χ1) is 11.7. The molecule has 2 amide bonds. The van der Waals surface area contributed by atoms with Gasteiger partial charge in [-0.15, -0.1) is 0 Å². The lowest BCUT2D eigenvalue weighted by atomic mass is 10.2. The smallest absolute Gasteiger partial charge is 0.274 e. The Bertz CT molecular complexity index is 745.